The number of carbonyl (C=O) groups is 1. The Morgan fingerprint density at radius 1 is 0.970 bits per heavy atom. The second kappa shape index (κ2) is 8.14. The van der Waals surface area contributed by atoms with Gasteiger partial charge in [-0.15, -0.1) is 0 Å². The highest BCUT2D eigenvalue weighted by Gasteiger charge is 2.39. The van der Waals surface area contributed by atoms with Crippen LogP contribution < -0.4 is 0 Å². The molecular weight excluding hydrogens is 415 g/mol. The topological polar surface area (TPSA) is 42.4 Å². The zero-order valence-electron chi connectivity index (χ0n) is 18.3. The van der Waals surface area contributed by atoms with Crippen LogP contribution in [0.25, 0.3) is 16.7 Å². The van der Waals surface area contributed by atoms with Crippen LogP contribution in [0.5, 0.6) is 0 Å². The predicted molar refractivity (Wildman–Crippen MR) is 125 cm³/mol. The predicted octanol–water partition coefficient (Wildman–Crippen LogP) is 6.18. The van der Waals surface area contributed by atoms with Gasteiger partial charge in [-0.3, -0.25) is 4.90 Å². The van der Waals surface area contributed by atoms with Crippen molar-refractivity contribution in [2.24, 2.45) is 0 Å². The maximum absolute atomic E-state index is 14.3. The van der Waals surface area contributed by atoms with E-state index in [4.69, 9.17) is 4.74 Å². The van der Waals surface area contributed by atoms with Crippen LogP contribution in [-0.2, 0) is 4.74 Å². The summed E-state index contributed by atoms with van der Waals surface area (Å²) in [5, 5.41) is 0. The summed E-state index contributed by atoms with van der Waals surface area (Å²) in [6, 6.07) is 20.2. The van der Waals surface area contributed by atoms with Crippen LogP contribution in [0.2, 0.25) is 0 Å². The molecule has 6 rings (SSSR count). The molecule has 0 N–H and O–H groups in total. The van der Waals surface area contributed by atoms with Crippen LogP contribution in [-0.4, -0.2) is 34.7 Å². The van der Waals surface area contributed by atoms with Crippen LogP contribution in [0, 0.1) is 5.95 Å². The van der Waals surface area contributed by atoms with Gasteiger partial charge < -0.3 is 4.74 Å². The van der Waals surface area contributed by atoms with Gasteiger partial charge in [0.05, 0.1) is 6.04 Å². The molecule has 2 atom stereocenters. The second-order valence-electron chi connectivity index (χ2n) is 9.10. The molecule has 166 valence electrons. The molecule has 1 fully saturated rings. The quantitative estimate of drug-likeness (QED) is 0.457. The summed E-state index contributed by atoms with van der Waals surface area (Å²) in [5.74, 6) is -0.405. The van der Waals surface area contributed by atoms with Crippen LogP contribution in [0.15, 0.2) is 72.9 Å². The number of aromatic nitrogens is 1. The second-order valence-corrected chi connectivity index (χ2v) is 9.10. The summed E-state index contributed by atoms with van der Waals surface area (Å²) in [4.78, 5) is 19.0. The molecule has 1 aromatic heterocycles. The summed E-state index contributed by atoms with van der Waals surface area (Å²) in [6.45, 7) is 0.316. The van der Waals surface area contributed by atoms with Gasteiger partial charge in [0.2, 0.25) is 5.95 Å². The lowest BCUT2D eigenvalue weighted by atomic mass is 9.83. The van der Waals surface area contributed by atoms with Crippen molar-refractivity contribution in [1.82, 2.24) is 9.88 Å². The highest BCUT2D eigenvalue weighted by Crippen LogP contribution is 2.45. The van der Waals surface area contributed by atoms with Gasteiger partial charge in [-0.05, 0) is 65.6 Å². The van der Waals surface area contributed by atoms with E-state index in [1.54, 1.807) is 12.1 Å². The standard InChI is InChI=1S/C28H25FN2O2/c29-27-21(13-6-14-30-27)18-15-19-7-5-8-20(16-18)31(19)28(32)33-17-26-24-11-3-1-9-22(24)23-10-2-4-12-25(23)26/h1-4,6,9-15,19-20,26H,5,7-8,16-17H2. The Bertz CT molecular complexity index is 1210. The third-order valence-electron chi connectivity index (χ3n) is 7.29. The summed E-state index contributed by atoms with van der Waals surface area (Å²) in [7, 11) is 0. The number of fused-ring (bicyclic) bond motifs is 5. The van der Waals surface area contributed by atoms with E-state index in [0.29, 0.717) is 18.6 Å². The fourth-order valence-electron chi connectivity index (χ4n) is 5.81. The average Bonchev–Trinajstić information content (AvgIpc) is 3.16. The summed E-state index contributed by atoms with van der Waals surface area (Å²) in [6.07, 6.45) is 6.69. The minimum atomic E-state index is -0.448. The summed E-state index contributed by atoms with van der Waals surface area (Å²) < 4.78 is 20.2. The number of nitrogens with zero attached hydrogens (tertiary/aromatic N) is 2. The molecule has 0 spiro atoms. The number of hydrogen-bond donors (Lipinski definition) is 0. The molecule has 33 heavy (non-hydrogen) atoms. The van der Waals surface area contributed by atoms with Gasteiger partial charge in [0, 0.05) is 23.7 Å². The first-order valence-electron chi connectivity index (χ1n) is 11.7. The molecule has 2 bridgehead atoms. The van der Waals surface area contributed by atoms with E-state index in [-0.39, 0.29) is 24.1 Å². The van der Waals surface area contributed by atoms with Crippen molar-refractivity contribution in [3.05, 3.63) is 95.6 Å². The monoisotopic (exact) mass is 440 g/mol. The zero-order chi connectivity index (χ0) is 22.4. The van der Waals surface area contributed by atoms with E-state index in [1.165, 1.54) is 28.5 Å². The van der Waals surface area contributed by atoms with Crippen LogP contribution in [0.4, 0.5) is 9.18 Å². The summed E-state index contributed by atoms with van der Waals surface area (Å²) >= 11 is 0. The van der Waals surface area contributed by atoms with Gasteiger partial charge in [-0.25, -0.2) is 9.78 Å². The van der Waals surface area contributed by atoms with Crippen molar-refractivity contribution in [1.29, 1.82) is 0 Å². The summed E-state index contributed by atoms with van der Waals surface area (Å²) in [5.41, 5.74) is 6.34. The normalized spacial score (nSPS) is 21.2. The Kier molecular flexibility index (Phi) is 4.97. The number of rotatable bonds is 3. The van der Waals surface area contributed by atoms with Crippen molar-refractivity contribution in [2.75, 3.05) is 6.61 Å². The number of carbonyl (C=O) groups excluding carboxylic acids is 1. The molecule has 1 aliphatic carbocycles. The fraction of sp³-hybridized carbons (Fsp3) is 0.286. The molecule has 2 aromatic carbocycles. The van der Waals surface area contributed by atoms with Crippen molar-refractivity contribution in [3.8, 4) is 11.1 Å². The lowest BCUT2D eigenvalue weighted by molar-refractivity contribution is 0.0538. The molecule has 0 saturated carbocycles. The Morgan fingerprint density at radius 3 is 2.36 bits per heavy atom. The van der Waals surface area contributed by atoms with Gasteiger partial charge >= 0.3 is 6.09 Å². The largest absolute Gasteiger partial charge is 0.448 e. The molecule has 3 aromatic rings. The van der Waals surface area contributed by atoms with Gasteiger partial charge in [0.1, 0.15) is 6.61 Å². The molecule has 5 heteroatoms. The highest BCUT2D eigenvalue weighted by molar-refractivity contribution is 5.79. The molecule has 3 aliphatic rings. The number of pyridine rings is 1. The Balaban J connectivity index is 1.23. The van der Waals surface area contributed by atoms with Crippen LogP contribution in [0.1, 0.15) is 48.3 Å². The van der Waals surface area contributed by atoms with Crippen LogP contribution in [0.3, 0.4) is 0 Å². The Hall–Kier alpha value is -3.47. The lowest BCUT2D eigenvalue weighted by Gasteiger charge is -2.44. The van der Waals surface area contributed by atoms with Gasteiger partial charge in [-0.1, -0.05) is 54.6 Å². The molecule has 1 amide bonds. The minimum absolute atomic E-state index is 0.0269. The van der Waals surface area contributed by atoms with E-state index >= 15 is 0 Å². The van der Waals surface area contributed by atoms with Crippen molar-refractivity contribution < 1.29 is 13.9 Å². The maximum atomic E-state index is 14.3. The van der Waals surface area contributed by atoms with Gasteiger partial charge in [-0.2, -0.15) is 4.39 Å². The Labute approximate surface area is 192 Å². The third-order valence-corrected chi connectivity index (χ3v) is 7.29. The fourth-order valence-corrected chi connectivity index (χ4v) is 5.81. The first-order chi connectivity index (χ1) is 16.2. The minimum Gasteiger partial charge on any atom is -0.448 e. The van der Waals surface area contributed by atoms with Crippen molar-refractivity contribution >= 4 is 11.7 Å². The van der Waals surface area contributed by atoms with E-state index in [0.717, 1.165) is 24.8 Å². The molecule has 3 heterocycles. The SMILES string of the molecule is O=C(OCC1c2ccccc2-c2ccccc21)N1C2C=C(c3cccnc3F)CC1CCC2. The Morgan fingerprint density at radius 2 is 1.67 bits per heavy atom. The number of amides is 1. The van der Waals surface area contributed by atoms with Gasteiger partial charge in [0.25, 0.3) is 0 Å². The highest BCUT2D eigenvalue weighted by atomic mass is 19.1. The number of ether oxygens (including phenoxy) is 1. The molecular formula is C28H25FN2O2. The molecule has 0 radical (unpaired) electrons. The van der Waals surface area contributed by atoms with Crippen molar-refractivity contribution in [2.45, 2.75) is 43.7 Å². The molecule has 1 saturated heterocycles. The smallest absolute Gasteiger partial charge is 0.410 e. The number of hydrogen-bond acceptors (Lipinski definition) is 3. The molecule has 2 unspecified atom stereocenters. The average molecular weight is 441 g/mol. The molecule has 2 aliphatic heterocycles. The number of benzene rings is 2. The van der Waals surface area contributed by atoms with E-state index < -0.39 is 5.95 Å². The van der Waals surface area contributed by atoms with E-state index in [9.17, 15) is 9.18 Å². The maximum Gasteiger partial charge on any atom is 0.410 e. The molecule has 4 nitrogen and oxygen atoms in total. The van der Waals surface area contributed by atoms with Crippen LogP contribution >= 0.6 is 0 Å². The lowest BCUT2D eigenvalue weighted by Crippen LogP contribution is -2.52. The van der Waals surface area contributed by atoms with E-state index in [2.05, 4.69) is 29.2 Å². The van der Waals surface area contributed by atoms with Crippen molar-refractivity contribution in [3.63, 3.8) is 0 Å². The first-order valence-corrected chi connectivity index (χ1v) is 11.7. The number of piperidine rings is 1. The van der Waals surface area contributed by atoms with Gasteiger partial charge in [0.15, 0.2) is 0 Å². The first kappa shape index (κ1) is 20.2. The number of halogens is 1. The third kappa shape index (κ3) is 3.43. The zero-order valence-corrected chi connectivity index (χ0v) is 18.3. The van der Waals surface area contributed by atoms with E-state index in [1.807, 2.05) is 35.2 Å².